The van der Waals surface area contributed by atoms with Gasteiger partial charge in [0.1, 0.15) is 11.2 Å². The molecule has 32 heavy (non-hydrogen) atoms. The molecule has 0 spiro atoms. The SMILES string of the molecule is CC1C(c2csc3ncn(OCC(=O)N4CCCC4)c(=O)c23)C=CC(C)(Cl)C1C(F)(F)F. The number of hydrogen-bond acceptors (Lipinski definition) is 5. The van der Waals surface area contributed by atoms with Crippen molar-refractivity contribution in [2.45, 2.75) is 43.7 Å². The summed E-state index contributed by atoms with van der Waals surface area (Å²) in [5.74, 6) is -3.57. The summed E-state index contributed by atoms with van der Waals surface area (Å²) < 4.78 is 42.3. The predicted molar refractivity (Wildman–Crippen MR) is 116 cm³/mol. The lowest BCUT2D eigenvalue weighted by Crippen LogP contribution is -2.46. The van der Waals surface area contributed by atoms with Gasteiger partial charge >= 0.3 is 6.18 Å². The minimum atomic E-state index is -4.50. The third-order valence-corrected chi connectivity index (χ3v) is 7.59. The molecule has 11 heteroatoms. The number of fused-ring (bicyclic) bond motifs is 1. The zero-order valence-corrected chi connectivity index (χ0v) is 19.1. The molecule has 2 aromatic heterocycles. The third-order valence-electron chi connectivity index (χ3n) is 6.32. The normalized spacial score (nSPS) is 28.4. The maximum absolute atomic E-state index is 13.8. The van der Waals surface area contributed by atoms with Crippen molar-refractivity contribution < 1.29 is 22.8 Å². The molecule has 1 aliphatic heterocycles. The molecule has 2 aliphatic rings. The molecule has 4 rings (SSSR count). The van der Waals surface area contributed by atoms with Crippen LogP contribution in [0.3, 0.4) is 0 Å². The molecule has 4 atom stereocenters. The van der Waals surface area contributed by atoms with Gasteiger partial charge in [0.2, 0.25) is 0 Å². The van der Waals surface area contributed by atoms with E-state index in [0.29, 0.717) is 23.5 Å². The first-order chi connectivity index (χ1) is 15.0. The summed E-state index contributed by atoms with van der Waals surface area (Å²) in [7, 11) is 0. The van der Waals surface area contributed by atoms with E-state index in [1.165, 1.54) is 37.6 Å². The molecule has 0 radical (unpaired) electrons. The van der Waals surface area contributed by atoms with Gasteiger partial charge in [-0.15, -0.1) is 27.7 Å². The largest absolute Gasteiger partial charge is 0.399 e. The van der Waals surface area contributed by atoms with E-state index in [2.05, 4.69) is 4.98 Å². The second-order valence-electron chi connectivity index (χ2n) is 8.52. The molecule has 1 saturated heterocycles. The van der Waals surface area contributed by atoms with Gasteiger partial charge in [-0.3, -0.25) is 9.59 Å². The lowest BCUT2D eigenvalue weighted by molar-refractivity contribution is -0.195. The molecule has 0 bridgehead atoms. The number of likely N-dealkylation sites (tertiary alicyclic amines) is 1. The molecule has 1 fully saturated rings. The van der Waals surface area contributed by atoms with Gasteiger partial charge in [0.15, 0.2) is 6.61 Å². The number of amides is 1. The van der Waals surface area contributed by atoms with Crippen molar-refractivity contribution in [3.05, 3.63) is 39.8 Å². The molecule has 2 aromatic rings. The molecular formula is C21H23ClF3N3O3S. The van der Waals surface area contributed by atoms with Gasteiger partial charge in [0.05, 0.1) is 16.2 Å². The van der Waals surface area contributed by atoms with Crippen molar-refractivity contribution in [2.75, 3.05) is 19.7 Å². The Bertz CT molecular complexity index is 1110. The molecule has 0 saturated carbocycles. The van der Waals surface area contributed by atoms with Gasteiger partial charge < -0.3 is 9.74 Å². The van der Waals surface area contributed by atoms with Crippen LogP contribution in [0.15, 0.2) is 28.7 Å². The first kappa shape index (κ1) is 23.1. The molecule has 1 amide bonds. The van der Waals surface area contributed by atoms with Crippen LogP contribution in [-0.2, 0) is 4.79 Å². The average molecular weight is 490 g/mol. The number of alkyl halides is 4. The first-order valence-electron chi connectivity index (χ1n) is 10.4. The van der Waals surface area contributed by atoms with Crippen LogP contribution in [0.1, 0.15) is 38.2 Å². The zero-order chi connectivity index (χ0) is 23.3. The van der Waals surface area contributed by atoms with Gasteiger partial charge in [0.25, 0.3) is 11.5 Å². The number of thiophene rings is 1. The Labute approximate surface area is 191 Å². The van der Waals surface area contributed by atoms with E-state index in [9.17, 15) is 22.8 Å². The van der Waals surface area contributed by atoms with E-state index < -0.39 is 34.4 Å². The Morgan fingerprint density at radius 2 is 2.06 bits per heavy atom. The van der Waals surface area contributed by atoms with Crippen molar-refractivity contribution in [3.63, 3.8) is 0 Å². The number of nitrogens with zero attached hydrogens (tertiary/aromatic N) is 3. The summed E-state index contributed by atoms with van der Waals surface area (Å²) in [6, 6.07) is 0. The molecule has 0 N–H and O–H groups in total. The van der Waals surface area contributed by atoms with Gasteiger partial charge in [-0.25, -0.2) is 4.98 Å². The monoisotopic (exact) mass is 489 g/mol. The van der Waals surface area contributed by atoms with Crippen LogP contribution in [0.25, 0.3) is 10.2 Å². The minimum absolute atomic E-state index is 0.201. The number of carbonyl (C=O) groups excluding carboxylic acids is 1. The smallest absolute Gasteiger partial charge is 0.394 e. The minimum Gasteiger partial charge on any atom is -0.399 e. The Kier molecular flexibility index (Phi) is 6.04. The van der Waals surface area contributed by atoms with Crippen LogP contribution in [0, 0.1) is 11.8 Å². The molecular weight excluding hydrogens is 467 g/mol. The van der Waals surface area contributed by atoms with E-state index in [4.69, 9.17) is 16.4 Å². The van der Waals surface area contributed by atoms with Crippen molar-refractivity contribution in [3.8, 4) is 0 Å². The molecule has 0 aromatic carbocycles. The summed E-state index contributed by atoms with van der Waals surface area (Å²) in [5, 5.41) is 1.86. The van der Waals surface area contributed by atoms with Gasteiger partial charge in [-0.05, 0) is 36.6 Å². The summed E-state index contributed by atoms with van der Waals surface area (Å²) in [4.78, 5) is 35.5. The topological polar surface area (TPSA) is 64.4 Å². The molecule has 1 aliphatic carbocycles. The summed E-state index contributed by atoms with van der Waals surface area (Å²) in [6.07, 6.45) is 1.56. The second-order valence-corrected chi connectivity index (χ2v) is 10.2. The lowest BCUT2D eigenvalue weighted by atomic mass is 9.69. The van der Waals surface area contributed by atoms with Crippen LogP contribution in [0.5, 0.6) is 0 Å². The van der Waals surface area contributed by atoms with Crippen LogP contribution < -0.4 is 10.4 Å². The summed E-state index contributed by atoms with van der Waals surface area (Å²) in [6.45, 7) is 3.86. The Morgan fingerprint density at radius 1 is 1.38 bits per heavy atom. The molecule has 6 nitrogen and oxygen atoms in total. The van der Waals surface area contributed by atoms with Crippen LogP contribution >= 0.6 is 22.9 Å². The number of aromatic nitrogens is 2. The maximum atomic E-state index is 13.8. The number of halogens is 4. The highest BCUT2D eigenvalue weighted by Gasteiger charge is 2.55. The van der Waals surface area contributed by atoms with Crippen molar-refractivity contribution in [2.24, 2.45) is 11.8 Å². The maximum Gasteiger partial charge on any atom is 0.394 e. The van der Waals surface area contributed by atoms with Crippen LogP contribution in [0.4, 0.5) is 13.2 Å². The molecule has 3 heterocycles. The van der Waals surface area contributed by atoms with Crippen LogP contribution in [0.2, 0.25) is 0 Å². The zero-order valence-electron chi connectivity index (χ0n) is 17.6. The highest BCUT2D eigenvalue weighted by molar-refractivity contribution is 7.16. The Morgan fingerprint density at radius 3 is 2.72 bits per heavy atom. The van der Waals surface area contributed by atoms with Crippen LogP contribution in [-0.4, -0.2) is 51.3 Å². The van der Waals surface area contributed by atoms with E-state index >= 15 is 0 Å². The lowest BCUT2D eigenvalue weighted by Gasteiger charge is -2.42. The standard InChI is InChI=1S/C21H23ClF3N3O3S/c1-12-13(5-6-20(2,22)17(12)21(23,24)25)14-10-32-18-16(14)19(30)28(11-26-18)31-9-15(29)27-7-3-4-8-27/h5-6,10-13,17H,3-4,7-9H2,1-2H3. The quantitative estimate of drug-likeness (QED) is 0.481. The van der Waals surface area contributed by atoms with Crippen molar-refractivity contribution in [1.29, 1.82) is 0 Å². The van der Waals surface area contributed by atoms with E-state index in [0.717, 1.165) is 17.6 Å². The number of hydrogen-bond donors (Lipinski definition) is 0. The van der Waals surface area contributed by atoms with Crippen molar-refractivity contribution >= 4 is 39.1 Å². The Hall–Kier alpha value is -2.07. The average Bonchev–Trinajstić information content (AvgIpc) is 3.36. The molecule has 4 unspecified atom stereocenters. The van der Waals surface area contributed by atoms with Gasteiger partial charge in [0, 0.05) is 19.0 Å². The van der Waals surface area contributed by atoms with E-state index in [-0.39, 0.29) is 17.9 Å². The number of rotatable bonds is 4. The van der Waals surface area contributed by atoms with E-state index in [1.807, 2.05) is 0 Å². The predicted octanol–water partition coefficient (Wildman–Crippen LogP) is 3.97. The number of carbonyl (C=O) groups is 1. The first-order valence-corrected chi connectivity index (χ1v) is 11.6. The third kappa shape index (κ3) is 4.14. The fraction of sp³-hybridized carbons (Fsp3) is 0.571. The fourth-order valence-electron chi connectivity index (χ4n) is 4.75. The highest BCUT2D eigenvalue weighted by Crippen LogP contribution is 2.52. The second kappa shape index (κ2) is 8.37. The summed E-state index contributed by atoms with van der Waals surface area (Å²) in [5.41, 5.74) is -0.0969. The fourth-order valence-corrected chi connectivity index (χ4v) is 6.09. The summed E-state index contributed by atoms with van der Waals surface area (Å²) >= 11 is 7.39. The van der Waals surface area contributed by atoms with Crippen molar-refractivity contribution in [1.82, 2.24) is 14.6 Å². The van der Waals surface area contributed by atoms with E-state index in [1.54, 1.807) is 16.4 Å². The number of allylic oxidation sites excluding steroid dienone is 2. The van der Waals surface area contributed by atoms with Gasteiger partial charge in [-0.2, -0.15) is 13.2 Å². The molecule has 174 valence electrons. The highest BCUT2D eigenvalue weighted by atomic mass is 35.5. The van der Waals surface area contributed by atoms with Gasteiger partial charge in [-0.1, -0.05) is 19.1 Å². The Balaban J connectivity index is 1.66.